The van der Waals surface area contributed by atoms with Crippen molar-refractivity contribution in [3.8, 4) is 5.75 Å². The first kappa shape index (κ1) is 25.6. The molecular formula is C30H30N4O3S. The molecule has 8 heteroatoms. The first-order valence-corrected chi connectivity index (χ1v) is 13.7. The lowest BCUT2D eigenvalue weighted by molar-refractivity contribution is -0.140. The van der Waals surface area contributed by atoms with Gasteiger partial charge in [-0.1, -0.05) is 91.5 Å². The van der Waals surface area contributed by atoms with Gasteiger partial charge in [-0.15, -0.1) is 5.10 Å². The Bertz CT molecular complexity index is 1400. The zero-order valence-corrected chi connectivity index (χ0v) is 22.3. The van der Waals surface area contributed by atoms with Crippen LogP contribution < -0.4 is 10.1 Å². The van der Waals surface area contributed by atoms with Crippen molar-refractivity contribution in [3.05, 3.63) is 113 Å². The van der Waals surface area contributed by atoms with Crippen LogP contribution >= 0.6 is 11.8 Å². The molecule has 0 saturated carbocycles. The molecule has 0 radical (unpaired) electrons. The van der Waals surface area contributed by atoms with Crippen molar-refractivity contribution in [1.82, 2.24) is 14.8 Å². The Morgan fingerprint density at radius 3 is 2.26 bits per heavy atom. The van der Waals surface area contributed by atoms with Crippen LogP contribution in [0.4, 0.5) is 5.95 Å². The lowest BCUT2D eigenvalue weighted by Crippen LogP contribution is -2.29. The lowest BCUT2D eigenvalue weighted by atomic mass is 9.95. The molecule has 0 amide bonds. The van der Waals surface area contributed by atoms with Gasteiger partial charge in [-0.2, -0.15) is 4.98 Å². The lowest BCUT2D eigenvalue weighted by Gasteiger charge is -2.28. The topological polar surface area (TPSA) is 78.3 Å². The first-order chi connectivity index (χ1) is 18.6. The van der Waals surface area contributed by atoms with Crippen molar-refractivity contribution >= 4 is 23.7 Å². The van der Waals surface area contributed by atoms with Gasteiger partial charge >= 0.3 is 5.97 Å². The van der Waals surface area contributed by atoms with E-state index in [-0.39, 0.29) is 6.61 Å². The summed E-state index contributed by atoms with van der Waals surface area (Å²) >= 11 is 1.60. The third-order valence-electron chi connectivity index (χ3n) is 6.15. The smallest absolute Gasteiger partial charge is 0.338 e. The monoisotopic (exact) mass is 526 g/mol. The Morgan fingerprint density at radius 2 is 1.61 bits per heavy atom. The zero-order valence-electron chi connectivity index (χ0n) is 21.5. The molecule has 0 bridgehead atoms. The normalized spacial score (nSPS) is 14.5. The van der Waals surface area contributed by atoms with Crippen LogP contribution in [-0.4, -0.2) is 26.5 Å². The minimum Gasteiger partial charge on any atom is -0.489 e. The molecule has 1 N–H and O–H groups in total. The molecule has 1 atom stereocenters. The van der Waals surface area contributed by atoms with Crippen molar-refractivity contribution in [1.29, 1.82) is 0 Å². The van der Waals surface area contributed by atoms with E-state index in [0.717, 1.165) is 34.6 Å². The number of nitrogens with one attached hydrogen (secondary N) is 1. The molecule has 5 rings (SSSR count). The fourth-order valence-electron chi connectivity index (χ4n) is 4.25. The van der Waals surface area contributed by atoms with Crippen LogP contribution in [0.15, 0.2) is 101 Å². The number of hydrogen-bond acceptors (Lipinski definition) is 7. The van der Waals surface area contributed by atoms with Crippen molar-refractivity contribution in [2.45, 2.75) is 44.7 Å². The molecule has 0 saturated heterocycles. The van der Waals surface area contributed by atoms with Gasteiger partial charge in [0.1, 0.15) is 25.0 Å². The summed E-state index contributed by atoms with van der Waals surface area (Å²) in [6, 6.07) is 27.0. The van der Waals surface area contributed by atoms with E-state index in [1.807, 2.05) is 91.9 Å². The van der Waals surface area contributed by atoms with Gasteiger partial charge in [0.05, 0.1) is 5.57 Å². The number of carbonyl (C=O) groups excluding carboxylic acids is 1. The van der Waals surface area contributed by atoms with Crippen LogP contribution in [0.5, 0.6) is 5.75 Å². The summed E-state index contributed by atoms with van der Waals surface area (Å²) in [7, 11) is 0. The predicted octanol–water partition coefficient (Wildman–Crippen LogP) is 6.39. The van der Waals surface area contributed by atoms with Crippen molar-refractivity contribution < 1.29 is 14.3 Å². The molecule has 4 aromatic rings. The largest absolute Gasteiger partial charge is 0.489 e. The predicted molar refractivity (Wildman–Crippen MR) is 149 cm³/mol. The van der Waals surface area contributed by atoms with E-state index in [9.17, 15) is 4.79 Å². The third-order valence-corrected chi connectivity index (χ3v) is 7.19. The van der Waals surface area contributed by atoms with Crippen LogP contribution in [-0.2, 0) is 22.7 Å². The second kappa shape index (κ2) is 12.0. The second-order valence-electron chi connectivity index (χ2n) is 8.98. The maximum atomic E-state index is 13.5. The standard InChI is InChI=1S/C30H30N4O3S/c1-3-18-38-30-32-29-31-21(2)26(28(35)37-20-23-12-8-5-9-13-23)27(34(29)33-30)24-14-16-25(17-15-24)36-19-22-10-6-4-7-11-22/h4-17,27H,3,18-20H2,1-2H3,(H,31,32,33). The molecule has 0 fully saturated rings. The summed E-state index contributed by atoms with van der Waals surface area (Å²) in [6.07, 6.45) is 1.02. The summed E-state index contributed by atoms with van der Waals surface area (Å²) < 4.78 is 13.5. The van der Waals surface area contributed by atoms with Gasteiger partial charge in [0.25, 0.3) is 0 Å². The maximum absolute atomic E-state index is 13.5. The van der Waals surface area contributed by atoms with E-state index in [4.69, 9.17) is 14.6 Å². The average molecular weight is 527 g/mol. The zero-order chi connectivity index (χ0) is 26.3. The molecule has 0 aliphatic carbocycles. The van der Waals surface area contributed by atoms with Gasteiger partial charge in [-0.25, -0.2) is 9.48 Å². The third kappa shape index (κ3) is 5.92. The van der Waals surface area contributed by atoms with E-state index in [1.165, 1.54) is 0 Å². The van der Waals surface area contributed by atoms with Crippen LogP contribution in [0.3, 0.4) is 0 Å². The van der Waals surface area contributed by atoms with Gasteiger partial charge in [0.2, 0.25) is 11.1 Å². The van der Waals surface area contributed by atoms with E-state index in [1.54, 1.807) is 16.4 Å². The van der Waals surface area contributed by atoms with Crippen LogP contribution in [0.2, 0.25) is 0 Å². The average Bonchev–Trinajstić information content (AvgIpc) is 3.36. The molecule has 38 heavy (non-hydrogen) atoms. The fraction of sp³-hybridized carbons (Fsp3) is 0.233. The highest BCUT2D eigenvalue weighted by atomic mass is 32.2. The summed E-state index contributed by atoms with van der Waals surface area (Å²) in [6.45, 7) is 4.67. The van der Waals surface area contributed by atoms with Gasteiger partial charge < -0.3 is 14.8 Å². The van der Waals surface area contributed by atoms with Gasteiger partial charge in [-0.05, 0) is 42.2 Å². The number of thioether (sulfide) groups is 1. The van der Waals surface area contributed by atoms with Crippen LogP contribution in [0, 0.1) is 0 Å². The molecule has 1 unspecified atom stereocenters. The van der Waals surface area contributed by atoms with Crippen molar-refractivity contribution in [2.75, 3.05) is 11.1 Å². The molecule has 1 aliphatic rings. The Morgan fingerprint density at radius 1 is 0.947 bits per heavy atom. The van der Waals surface area contributed by atoms with Gasteiger partial charge in [0.15, 0.2) is 0 Å². The number of anilines is 1. The van der Waals surface area contributed by atoms with E-state index < -0.39 is 12.0 Å². The SMILES string of the molecule is CCCSc1nc2n(n1)C(c1ccc(OCc3ccccc3)cc1)C(C(=O)OCc1ccccc1)=C(C)N2. The number of carbonyl (C=O) groups is 1. The van der Waals surface area contributed by atoms with E-state index in [0.29, 0.717) is 29.0 Å². The quantitative estimate of drug-likeness (QED) is 0.189. The Labute approximate surface area is 226 Å². The van der Waals surface area contributed by atoms with Crippen LogP contribution in [0.1, 0.15) is 43.0 Å². The number of esters is 1. The van der Waals surface area contributed by atoms with Gasteiger partial charge in [-0.3, -0.25) is 0 Å². The number of nitrogens with zero attached hydrogens (tertiary/aromatic N) is 3. The van der Waals surface area contributed by atoms with E-state index in [2.05, 4.69) is 17.2 Å². The second-order valence-corrected chi connectivity index (χ2v) is 10.0. The molecule has 1 aromatic heterocycles. The molecule has 0 spiro atoms. The number of aromatic nitrogens is 3. The molecule has 1 aliphatic heterocycles. The molecule has 7 nitrogen and oxygen atoms in total. The number of fused-ring (bicyclic) bond motifs is 1. The number of benzene rings is 3. The number of allylic oxidation sites excluding steroid dienone is 1. The number of hydrogen-bond donors (Lipinski definition) is 1. The number of ether oxygens (including phenoxy) is 2. The Hall–Kier alpha value is -4.04. The van der Waals surface area contributed by atoms with Crippen molar-refractivity contribution in [3.63, 3.8) is 0 Å². The fourth-order valence-corrected chi connectivity index (χ4v) is 4.93. The number of rotatable bonds is 10. The minimum atomic E-state index is -0.485. The molecule has 2 heterocycles. The van der Waals surface area contributed by atoms with Crippen molar-refractivity contribution in [2.24, 2.45) is 0 Å². The van der Waals surface area contributed by atoms with Crippen LogP contribution in [0.25, 0.3) is 0 Å². The summed E-state index contributed by atoms with van der Waals surface area (Å²) in [4.78, 5) is 18.1. The Kier molecular flexibility index (Phi) is 8.09. The summed E-state index contributed by atoms with van der Waals surface area (Å²) in [5, 5.41) is 8.70. The summed E-state index contributed by atoms with van der Waals surface area (Å²) in [5.74, 6) is 1.88. The van der Waals surface area contributed by atoms with E-state index >= 15 is 0 Å². The minimum absolute atomic E-state index is 0.192. The highest BCUT2D eigenvalue weighted by Gasteiger charge is 2.35. The first-order valence-electron chi connectivity index (χ1n) is 12.7. The molecular weight excluding hydrogens is 496 g/mol. The Balaban J connectivity index is 1.42. The highest BCUT2D eigenvalue weighted by molar-refractivity contribution is 7.99. The highest BCUT2D eigenvalue weighted by Crippen LogP contribution is 2.37. The maximum Gasteiger partial charge on any atom is 0.338 e. The molecule has 3 aromatic carbocycles. The molecule has 194 valence electrons. The summed E-state index contributed by atoms with van der Waals surface area (Å²) in [5.41, 5.74) is 4.12. The van der Waals surface area contributed by atoms with Gasteiger partial charge in [0, 0.05) is 11.4 Å².